The highest BCUT2D eigenvalue weighted by atomic mass is 16.6. The predicted octanol–water partition coefficient (Wildman–Crippen LogP) is 16.9. The molecule has 0 saturated heterocycles. The summed E-state index contributed by atoms with van der Waals surface area (Å²) >= 11 is 0. The number of hydrogen-bond acceptors (Lipinski definition) is 6. The van der Waals surface area contributed by atoms with Gasteiger partial charge in [-0.1, -0.05) is 253 Å². The van der Waals surface area contributed by atoms with Gasteiger partial charge in [0.1, 0.15) is 13.2 Å². The zero-order valence-electron chi connectivity index (χ0n) is 40.4. The third kappa shape index (κ3) is 45.8. The van der Waals surface area contributed by atoms with E-state index in [4.69, 9.17) is 14.2 Å². The first-order valence-electron chi connectivity index (χ1n) is 26.3. The topological polar surface area (TPSA) is 78.9 Å². The molecule has 0 aliphatic heterocycles. The van der Waals surface area contributed by atoms with Crippen LogP contribution in [-0.2, 0) is 28.6 Å². The molecule has 0 bridgehead atoms. The van der Waals surface area contributed by atoms with Crippen molar-refractivity contribution in [2.24, 2.45) is 11.8 Å². The normalized spacial score (nSPS) is 12.5. The first kappa shape index (κ1) is 57.4. The molecule has 0 aliphatic carbocycles. The van der Waals surface area contributed by atoms with E-state index >= 15 is 0 Å². The number of hydrogen-bond donors (Lipinski definition) is 0. The van der Waals surface area contributed by atoms with Crippen molar-refractivity contribution in [3.8, 4) is 0 Å². The smallest absolute Gasteiger partial charge is 0.306 e. The molecule has 0 N–H and O–H groups in total. The average Bonchev–Trinajstić information content (AvgIpc) is 3.22. The van der Waals surface area contributed by atoms with Crippen molar-refractivity contribution in [3.05, 3.63) is 0 Å². The Kier molecular flexibility index (Phi) is 44.7. The van der Waals surface area contributed by atoms with Gasteiger partial charge in [0.15, 0.2) is 6.10 Å². The van der Waals surface area contributed by atoms with Gasteiger partial charge < -0.3 is 14.2 Å². The van der Waals surface area contributed by atoms with Crippen LogP contribution in [0, 0.1) is 11.8 Å². The third-order valence-corrected chi connectivity index (χ3v) is 12.3. The molecule has 0 rings (SSSR count). The zero-order chi connectivity index (χ0) is 43.3. The van der Waals surface area contributed by atoms with Crippen molar-refractivity contribution in [2.75, 3.05) is 13.2 Å². The van der Waals surface area contributed by atoms with Crippen molar-refractivity contribution >= 4 is 17.9 Å². The maximum atomic E-state index is 12.7. The summed E-state index contributed by atoms with van der Waals surface area (Å²) in [6.45, 7) is 11.4. The van der Waals surface area contributed by atoms with Crippen LogP contribution in [0.1, 0.15) is 291 Å². The van der Waals surface area contributed by atoms with Gasteiger partial charge in [0.25, 0.3) is 0 Å². The van der Waals surface area contributed by atoms with Crippen LogP contribution >= 0.6 is 0 Å². The van der Waals surface area contributed by atoms with Crippen LogP contribution in [0.4, 0.5) is 0 Å². The minimum Gasteiger partial charge on any atom is -0.462 e. The molecule has 6 nitrogen and oxygen atoms in total. The molecular weight excluding hydrogens is 733 g/mol. The second kappa shape index (κ2) is 45.9. The van der Waals surface area contributed by atoms with Crippen LogP contribution in [-0.4, -0.2) is 37.2 Å². The maximum Gasteiger partial charge on any atom is 0.306 e. The fourth-order valence-electron chi connectivity index (χ4n) is 7.96. The molecule has 0 radical (unpaired) electrons. The first-order valence-corrected chi connectivity index (χ1v) is 26.3. The van der Waals surface area contributed by atoms with E-state index in [1.807, 2.05) is 0 Å². The lowest BCUT2D eigenvalue weighted by atomic mass is 9.99. The summed E-state index contributed by atoms with van der Waals surface area (Å²) in [7, 11) is 0. The monoisotopic (exact) mass is 835 g/mol. The minimum atomic E-state index is -0.760. The first-order chi connectivity index (χ1) is 28.8. The number of rotatable bonds is 47. The number of ether oxygens (including phenoxy) is 3. The van der Waals surface area contributed by atoms with Gasteiger partial charge in [0, 0.05) is 19.3 Å². The molecule has 2 atom stereocenters. The molecule has 0 saturated carbocycles. The number of esters is 3. The van der Waals surface area contributed by atoms with Gasteiger partial charge in [-0.3, -0.25) is 14.4 Å². The molecule has 0 spiro atoms. The highest BCUT2D eigenvalue weighted by Crippen LogP contribution is 2.18. The van der Waals surface area contributed by atoms with Gasteiger partial charge in [-0.05, 0) is 31.1 Å². The van der Waals surface area contributed by atoms with Gasteiger partial charge in [0.2, 0.25) is 0 Å². The van der Waals surface area contributed by atoms with Crippen molar-refractivity contribution in [3.63, 3.8) is 0 Å². The summed E-state index contributed by atoms with van der Waals surface area (Å²) < 4.78 is 16.7. The lowest BCUT2D eigenvalue weighted by Crippen LogP contribution is -2.30. The van der Waals surface area contributed by atoms with Crippen molar-refractivity contribution in [1.82, 2.24) is 0 Å². The van der Waals surface area contributed by atoms with E-state index in [-0.39, 0.29) is 31.1 Å². The van der Waals surface area contributed by atoms with Crippen molar-refractivity contribution < 1.29 is 28.6 Å². The average molecular weight is 835 g/mol. The van der Waals surface area contributed by atoms with E-state index in [2.05, 4.69) is 34.6 Å². The second-order valence-corrected chi connectivity index (χ2v) is 18.9. The zero-order valence-corrected chi connectivity index (χ0v) is 40.4. The maximum absolute atomic E-state index is 12.7. The molecule has 0 aromatic carbocycles. The standard InChI is InChI=1S/C53H102O6/c1-6-8-9-31-38-43-51(54)57-46-50(59-53(56)45-40-35-30-26-22-18-14-13-16-20-24-28-33-37-42-49(5)7-2)47-58-52(55)44-39-34-29-25-21-17-12-10-11-15-19-23-27-32-36-41-48(3)4/h48-50H,6-47H2,1-5H3/t49?,50-/m0/s1. The van der Waals surface area contributed by atoms with E-state index in [0.717, 1.165) is 76.0 Å². The van der Waals surface area contributed by atoms with Crippen LogP contribution < -0.4 is 0 Å². The van der Waals surface area contributed by atoms with Gasteiger partial charge in [-0.15, -0.1) is 0 Å². The Bertz CT molecular complexity index is 902. The fraction of sp³-hybridized carbons (Fsp3) is 0.943. The fourth-order valence-corrected chi connectivity index (χ4v) is 7.96. The lowest BCUT2D eigenvalue weighted by Gasteiger charge is -2.18. The molecule has 350 valence electrons. The second-order valence-electron chi connectivity index (χ2n) is 18.9. The van der Waals surface area contributed by atoms with Crippen LogP contribution in [0.25, 0.3) is 0 Å². The van der Waals surface area contributed by atoms with Crippen LogP contribution in [0.3, 0.4) is 0 Å². The summed E-state index contributed by atoms with van der Waals surface area (Å²) in [5, 5.41) is 0. The van der Waals surface area contributed by atoms with Crippen LogP contribution in [0.15, 0.2) is 0 Å². The molecular formula is C53H102O6. The summed E-state index contributed by atoms with van der Waals surface area (Å²) in [4.78, 5) is 37.7. The highest BCUT2D eigenvalue weighted by Gasteiger charge is 2.19. The molecule has 0 aliphatic rings. The van der Waals surface area contributed by atoms with E-state index in [1.54, 1.807) is 0 Å². The Morgan fingerprint density at radius 1 is 0.356 bits per heavy atom. The van der Waals surface area contributed by atoms with E-state index in [0.29, 0.717) is 19.3 Å². The van der Waals surface area contributed by atoms with E-state index < -0.39 is 6.10 Å². The minimum absolute atomic E-state index is 0.0644. The lowest BCUT2D eigenvalue weighted by molar-refractivity contribution is -0.167. The Morgan fingerprint density at radius 2 is 0.644 bits per heavy atom. The molecule has 1 unspecified atom stereocenters. The van der Waals surface area contributed by atoms with Crippen LogP contribution in [0.2, 0.25) is 0 Å². The SMILES string of the molecule is CCCCCCCC(=O)OC[C@@H](COC(=O)CCCCCCCCCCCCCCCCCC(C)C)OC(=O)CCCCCCCCCCCCCCCCC(C)CC. The number of unbranched alkanes of at least 4 members (excludes halogenated alkanes) is 31. The van der Waals surface area contributed by atoms with Gasteiger partial charge in [0.05, 0.1) is 0 Å². The summed E-state index contributed by atoms with van der Waals surface area (Å²) in [5.74, 6) is 0.883. The Labute approximate surface area is 368 Å². The largest absolute Gasteiger partial charge is 0.462 e. The molecule has 0 fully saturated rings. The Balaban J connectivity index is 4.10. The van der Waals surface area contributed by atoms with Gasteiger partial charge in [-0.25, -0.2) is 0 Å². The van der Waals surface area contributed by atoms with Crippen molar-refractivity contribution in [2.45, 2.75) is 298 Å². The summed E-state index contributed by atoms with van der Waals surface area (Å²) in [6, 6.07) is 0. The van der Waals surface area contributed by atoms with Gasteiger partial charge in [-0.2, -0.15) is 0 Å². The predicted molar refractivity (Wildman–Crippen MR) is 252 cm³/mol. The Morgan fingerprint density at radius 3 is 0.966 bits per heavy atom. The van der Waals surface area contributed by atoms with Crippen LogP contribution in [0.5, 0.6) is 0 Å². The Hall–Kier alpha value is -1.59. The van der Waals surface area contributed by atoms with E-state index in [9.17, 15) is 14.4 Å². The van der Waals surface area contributed by atoms with Crippen molar-refractivity contribution in [1.29, 1.82) is 0 Å². The summed E-state index contributed by atoms with van der Waals surface area (Å²) in [6.07, 6.45) is 46.9. The quantitative estimate of drug-likeness (QED) is 0.0345. The molecule has 6 heteroatoms. The highest BCUT2D eigenvalue weighted by molar-refractivity contribution is 5.71. The van der Waals surface area contributed by atoms with Gasteiger partial charge >= 0.3 is 17.9 Å². The molecule has 0 heterocycles. The summed E-state index contributed by atoms with van der Waals surface area (Å²) in [5.41, 5.74) is 0. The van der Waals surface area contributed by atoms with E-state index in [1.165, 1.54) is 173 Å². The number of carbonyl (C=O) groups excluding carboxylic acids is 3. The molecule has 0 aromatic heterocycles. The molecule has 59 heavy (non-hydrogen) atoms. The molecule has 0 aromatic rings. The number of carbonyl (C=O) groups is 3. The third-order valence-electron chi connectivity index (χ3n) is 12.3. The molecule has 0 amide bonds.